The van der Waals surface area contributed by atoms with E-state index in [0.717, 1.165) is 31.4 Å². The van der Waals surface area contributed by atoms with Crippen LogP contribution in [0.5, 0.6) is 0 Å². The highest BCUT2D eigenvalue weighted by atomic mass is 32.2. The number of thioether (sulfide) groups is 1. The molecule has 1 aromatic heterocycles. The number of pyridine rings is 1. The van der Waals surface area contributed by atoms with Crippen molar-refractivity contribution in [2.45, 2.75) is 32.1 Å². The van der Waals surface area contributed by atoms with Crippen LogP contribution in [-0.4, -0.2) is 35.6 Å². The Labute approximate surface area is 114 Å². The second-order valence-corrected chi connectivity index (χ2v) is 6.35. The molecule has 0 radical (unpaired) electrons. The molecule has 2 heterocycles. The molecule has 1 N–H and O–H groups in total. The summed E-state index contributed by atoms with van der Waals surface area (Å²) in [4.78, 5) is 6.77. The maximum atomic E-state index is 4.27. The lowest BCUT2D eigenvalue weighted by atomic mass is 10.2. The standard InChI is InChI=1S/C14H23N3S/c1-3-5-15-9-13-10-16-6-4-14(13)17-7-8-18-12(2)11-17/h4,6,10,12,15H,3,5,7-9,11H2,1-2H3. The molecule has 0 spiro atoms. The minimum Gasteiger partial charge on any atom is -0.369 e. The third kappa shape index (κ3) is 3.62. The summed E-state index contributed by atoms with van der Waals surface area (Å²) in [5.74, 6) is 1.23. The van der Waals surface area contributed by atoms with Gasteiger partial charge in [0.2, 0.25) is 0 Å². The highest BCUT2D eigenvalue weighted by molar-refractivity contribution is 8.00. The molecule has 2 rings (SSSR count). The van der Waals surface area contributed by atoms with Crippen LogP contribution in [0.15, 0.2) is 18.5 Å². The lowest BCUT2D eigenvalue weighted by molar-refractivity contribution is 0.669. The summed E-state index contributed by atoms with van der Waals surface area (Å²) in [6.45, 7) is 8.80. The van der Waals surface area contributed by atoms with E-state index in [2.05, 4.69) is 46.9 Å². The molecule has 1 atom stereocenters. The smallest absolute Gasteiger partial charge is 0.0443 e. The van der Waals surface area contributed by atoms with Crippen LogP contribution in [0.4, 0.5) is 5.69 Å². The number of aromatic nitrogens is 1. The average Bonchev–Trinajstić information content (AvgIpc) is 2.40. The zero-order valence-electron chi connectivity index (χ0n) is 11.4. The molecule has 0 bridgehead atoms. The first-order valence-corrected chi connectivity index (χ1v) is 7.86. The fraction of sp³-hybridized carbons (Fsp3) is 0.643. The minimum absolute atomic E-state index is 0.725. The quantitative estimate of drug-likeness (QED) is 0.828. The van der Waals surface area contributed by atoms with Gasteiger partial charge in [-0.3, -0.25) is 4.98 Å². The summed E-state index contributed by atoms with van der Waals surface area (Å²) in [7, 11) is 0. The van der Waals surface area contributed by atoms with E-state index in [1.165, 1.54) is 23.4 Å². The summed E-state index contributed by atoms with van der Waals surface area (Å²) >= 11 is 2.07. The van der Waals surface area contributed by atoms with Gasteiger partial charge in [0.05, 0.1) is 0 Å². The molecule has 4 heteroatoms. The van der Waals surface area contributed by atoms with E-state index in [0.29, 0.717) is 0 Å². The normalized spacial score (nSPS) is 20.1. The molecule has 0 aromatic carbocycles. The molecular formula is C14H23N3S. The van der Waals surface area contributed by atoms with E-state index in [4.69, 9.17) is 0 Å². The van der Waals surface area contributed by atoms with Crippen LogP contribution >= 0.6 is 11.8 Å². The highest BCUT2D eigenvalue weighted by Gasteiger charge is 2.18. The Kier molecular flexibility index (Phi) is 5.32. The van der Waals surface area contributed by atoms with Crippen LogP contribution in [0.3, 0.4) is 0 Å². The second-order valence-electron chi connectivity index (χ2n) is 4.81. The molecule has 1 aromatic rings. The first-order valence-electron chi connectivity index (χ1n) is 6.81. The largest absolute Gasteiger partial charge is 0.369 e. The Hall–Kier alpha value is -0.740. The third-order valence-corrected chi connectivity index (χ3v) is 4.34. The maximum Gasteiger partial charge on any atom is 0.0443 e. The van der Waals surface area contributed by atoms with Crippen molar-refractivity contribution < 1.29 is 0 Å². The summed E-state index contributed by atoms with van der Waals surface area (Å²) in [5, 5.41) is 4.20. The van der Waals surface area contributed by atoms with Gasteiger partial charge in [0.15, 0.2) is 0 Å². The van der Waals surface area contributed by atoms with Gasteiger partial charge in [-0.2, -0.15) is 11.8 Å². The van der Waals surface area contributed by atoms with Gasteiger partial charge in [0.1, 0.15) is 0 Å². The number of nitrogens with zero attached hydrogens (tertiary/aromatic N) is 2. The second kappa shape index (κ2) is 7.00. The van der Waals surface area contributed by atoms with Gasteiger partial charge in [-0.05, 0) is 19.0 Å². The average molecular weight is 265 g/mol. The van der Waals surface area contributed by atoms with Crippen LogP contribution in [0, 0.1) is 0 Å². The van der Waals surface area contributed by atoms with Crippen molar-refractivity contribution in [3.05, 3.63) is 24.0 Å². The van der Waals surface area contributed by atoms with Gasteiger partial charge in [0.25, 0.3) is 0 Å². The van der Waals surface area contributed by atoms with Gasteiger partial charge < -0.3 is 10.2 Å². The van der Waals surface area contributed by atoms with E-state index < -0.39 is 0 Å². The van der Waals surface area contributed by atoms with Crippen LogP contribution in [-0.2, 0) is 6.54 Å². The SMILES string of the molecule is CCCNCc1cnccc1N1CCSC(C)C1. The van der Waals surface area contributed by atoms with Crippen LogP contribution in [0.2, 0.25) is 0 Å². The summed E-state index contributed by atoms with van der Waals surface area (Å²) in [6.07, 6.45) is 5.09. The predicted molar refractivity (Wildman–Crippen MR) is 80.4 cm³/mol. The van der Waals surface area contributed by atoms with E-state index >= 15 is 0 Å². The Morgan fingerprint density at radius 1 is 1.56 bits per heavy atom. The van der Waals surface area contributed by atoms with E-state index in [1.807, 2.05) is 12.4 Å². The number of rotatable bonds is 5. The number of hydrogen-bond donors (Lipinski definition) is 1. The maximum absolute atomic E-state index is 4.27. The minimum atomic E-state index is 0.725. The fourth-order valence-corrected chi connectivity index (χ4v) is 3.32. The molecule has 1 aliphatic heterocycles. The Morgan fingerprint density at radius 3 is 3.22 bits per heavy atom. The van der Waals surface area contributed by atoms with Crippen LogP contribution < -0.4 is 10.2 Å². The molecule has 3 nitrogen and oxygen atoms in total. The summed E-state index contributed by atoms with van der Waals surface area (Å²) < 4.78 is 0. The first kappa shape index (κ1) is 13.7. The molecule has 1 unspecified atom stereocenters. The molecule has 100 valence electrons. The van der Waals surface area contributed by atoms with Gasteiger partial charge >= 0.3 is 0 Å². The molecule has 1 saturated heterocycles. The van der Waals surface area contributed by atoms with Gasteiger partial charge in [-0.25, -0.2) is 0 Å². The topological polar surface area (TPSA) is 28.2 Å². The lowest BCUT2D eigenvalue weighted by Crippen LogP contribution is -2.37. The Bertz CT molecular complexity index is 370. The summed E-state index contributed by atoms with van der Waals surface area (Å²) in [5.41, 5.74) is 2.69. The first-order chi connectivity index (χ1) is 8.81. The molecule has 0 saturated carbocycles. The predicted octanol–water partition coefficient (Wildman–Crippen LogP) is 2.52. The van der Waals surface area contributed by atoms with E-state index in [9.17, 15) is 0 Å². The molecular weight excluding hydrogens is 242 g/mol. The van der Waals surface area contributed by atoms with Crippen LogP contribution in [0.25, 0.3) is 0 Å². The van der Waals surface area contributed by atoms with Crippen molar-refractivity contribution in [2.24, 2.45) is 0 Å². The number of nitrogens with one attached hydrogen (secondary N) is 1. The van der Waals surface area contributed by atoms with Gasteiger partial charge in [-0.15, -0.1) is 0 Å². The molecule has 0 amide bonds. The molecule has 18 heavy (non-hydrogen) atoms. The van der Waals surface area contributed by atoms with Crippen molar-refractivity contribution in [1.82, 2.24) is 10.3 Å². The lowest BCUT2D eigenvalue weighted by Gasteiger charge is -2.33. The monoisotopic (exact) mass is 265 g/mol. The van der Waals surface area contributed by atoms with Crippen molar-refractivity contribution in [3.8, 4) is 0 Å². The van der Waals surface area contributed by atoms with Crippen molar-refractivity contribution in [1.29, 1.82) is 0 Å². The van der Waals surface area contributed by atoms with Crippen LogP contribution in [0.1, 0.15) is 25.8 Å². The third-order valence-electron chi connectivity index (χ3n) is 3.20. The Morgan fingerprint density at radius 2 is 2.44 bits per heavy atom. The van der Waals surface area contributed by atoms with Crippen molar-refractivity contribution >= 4 is 17.4 Å². The Balaban J connectivity index is 2.06. The molecule has 0 aliphatic carbocycles. The zero-order chi connectivity index (χ0) is 12.8. The fourth-order valence-electron chi connectivity index (χ4n) is 2.30. The molecule has 1 fully saturated rings. The number of anilines is 1. The summed E-state index contributed by atoms with van der Waals surface area (Å²) in [6, 6.07) is 2.16. The van der Waals surface area contributed by atoms with Crippen molar-refractivity contribution in [3.63, 3.8) is 0 Å². The van der Waals surface area contributed by atoms with E-state index in [1.54, 1.807) is 0 Å². The number of hydrogen-bond acceptors (Lipinski definition) is 4. The van der Waals surface area contributed by atoms with Crippen molar-refractivity contribution in [2.75, 3.05) is 30.3 Å². The van der Waals surface area contributed by atoms with E-state index in [-0.39, 0.29) is 0 Å². The zero-order valence-corrected chi connectivity index (χ0v) is 12.2. The molecule has 1 aliphatic rings. The van der Waals surface area contributed by atoms with Gasteiger partial charge in [0, 0.05) is 54.3 Å². The van der Waals surface area contributed by atoms with Gasteiger partial charge in [-0.1, -0.05) is 13.8 Å². The highest BCUT2D eigenvalue weighted by Crippen LogP contribution is 2.26.